The van der Waals surface area contributed by atoms with E-state index in [-0.39, 0.29) is 12.4 Å². The van der Waals surface area contributed by atoms with Gasteiger partial charge in [0, 0.05) is 6.54 Å². The molecule has 0 fully saturated rings. The van der Waals surface area contributed by atoms with E-state index in [4.69, 9.17) is 16.3 Å². The Bertz CT molecular complexity index is 462. The van der Waals surface area contributed by atoms with Crippen molar-refractivity contribution < 1.29 is 19.1 Å². The molecular weight excluding hydrogens is 270 g/mol. The first-order valence-corrected chi connectivity index (χ1v) is 6.23. The van der Waals surface area contributed by atoms with Gasteiger partial charge >= 0.3 is 11.9 Å². The number of carbonyl (C=O) groups excluding carboxylic acids is 2. The predicted molar refractivity (Wildman–Crippen MR) is 72.5 cm³/mol. The summed E-state index contributed by atoms with van der Waals surface area (Å²) in [7, 11) is 1.31. The summed E-state index contributed by atoms with van der Waals surface area (Å²) in [4.78, 5) is 22.5. The van der Waals surface area contributed by atoms with E-state index in [1.165, 1.54) is 7.11 Å². The Hall–Kier alpha value is -1.75. The second-order valence-corrected chi connectivity index (χ2v) is 4.08. The number of esters is 2. The SMILES string of the molecule is CCOC(=O)CCNc1cc(C(=O)OC)ccc1Cl. The average molecular weight is 286 g/mol. The molecule has 0 saturated heterocycles. The topological polar surface area (TPSA) is 64.6 Å². The molecule has 0 atom stereocenters. The lowest BCUT2D eigenvalue weighted by molar-refractivity contribution is -0.142. The van der Waals surface area contributed by atoms with Crippen LogP contribution >= 0.6 is 11.6 Å². The summed E-state index contributed by atoms with van der Waals surface area (Å²) in [5, 5.41) is 3.45. The van der Waals surface area contributed by atoms with Crippen LogP contribution in [0.15, 0.2) is 18.2 Å². The van der Waals surface area contributed by atoms with E-state index in [1.807, 2.05) is 0 Å². The minimum absolute atomic E-state index is 0.229. The first-order valence-electron chi connectivity index (χ1n) is 5.85. The van der Waals surface area contributed by atoms with E-state index >= 15 is 0 Å². The van der Waals surface area contributed by atoms with Crippen LogP contribution in [0.1, 0.15) is 23.7 Å². The first-order chi connectivity index (χ1) is 9.08. The van der Waals surface area contributed by atoms with Crippen molar-refractivity contribution in [1.29, 1.82) is 0 Å². The number of rotatable bonds is 6. The van der Waals surface area contributed by atoms with Gasteiger partial charge in [-0.15, -0.1) is 0 Å². The molecule has 0 aliphatic carbocycles. The summed E-state index contributed by atoms with van der Waals surface area (Å²) in [6, 6.07) is 4.75. The molecule has 104 valence electrons. The van der Waals surface area contributed by atoms with Crippen molar-refractivity contribution in [2.24, 2.45) is 0 Å². The maximum atomic E-state index is 11.4. The second-order valence-electron chi connectivity index (χ2n) is 3.67. The molecule has 1 rings (SSSR count). The van der Waals surface area contributed by atoms with E-state index in [2.05, 4.69) is 10.1 Å². The fourth-order valence-corrected chi connectivity index (χ4v) is 1.62. The number of ether oxygens (including phenoxy) is 2. The molecule has 6 heteroatoms. The van der Waals surface area contributed by atoms with Gasteiger partial charge in [-0.25, -0.2) is 4.79 Å². The summed E-state index contributed by atoms with van der Waals surface area (Å²) >= 11 is 5.99. The highest BCUT2D eigenvalue weighted by Gasteiger charge is 2.09. The Labute approximate surface area is 116 Å². The van der Waals surface area contributed by atoms with Crippen LogP contribution in [0.4, 0.5) is 5.69 Å². The highest BCUT2D eigenvalue weighted by molar-refractivity contribution is 6.33. The van der Waals surface area contributed by atoms with Crippen molar-refractivity contribution in [3.8, 4) is 0 Å². The normalized spacial score (nSPS) is 9.84. The second kappa shape index (κ2) is 7.63. The van der Waals surface area contributed by atoms with Gasteiger partial charge in [-0.2, -0.15) is 0 Å². The van der Waals surface area contributed by atoms with Gasteiger partial charge in [0.25, 0.3) is 0 Å². The Kier molecular flexibility index (Phi) is 6.15. The first kappa shape index (κ1) is 15.3. The Morgan fingerprint density at radius 3 is 2.74 bits per heavy atom. The third kappa shape index (κ3) is 4.79. The van der Waals surface area contributed by atoms with Gasteiger partial charge in [-0.1, -0.05) is 11.6 Å². The van der Waals surface area contributed by atoms with Crippen molar-refractivity contribution >= 4 is 29.2 Å². The molecule has 0 amide bonds. The molecular formula is C13H16ClNO4. The van der Waals surface area contributed by atoms with Crippen LogP contribution in [-0.2, 0) is 14.3 Å². The minimum Gasteiger partial charge on any atom is -0.466 e. The zero-order valence-electron chi connectivity index (χ0n) is 10.9. The molecule has 19 heavy (non-hydrogen) atoms. The quantitative estimate of drug-likeness (QED) is 0.814. The molecule has 0 heterocycles. The van der Waals surface area contributed by atoms with Crippen molar-refractivity contribution in [2.45, 2.75) is 13.3 Å². The standard InChI is InChI=1S/C13H16ClNO4/c1-3-19-12(16)6-7-15-11-8-9(13(17)18-2)4-5-10(11)14/h4-5,8,15H,3,6-7H2,1-2H3. The lowest BCUT2D eigenvalue weighted by Crippen LogP contribution is -2.12. The summed E-state index contributed by atoms with van der Waals surface area (Å²) in [5.74, 6) is -0.722. The van der Waals surface area contributed by atoms with Crippen LogP contribution in [-0.4, -0.2) is 32.2 Å². The summed E-state index contributed by atoms with van der Waals surface area (Å²) < 4.78 is 9.43. The molecule has 0 aliphatic heterocycles. The molecule has 0 unspecified atom stereocenters. The smallest absolute Gasteiger partial charge is 0.337 e. The van der Waals surface area contributed by atoms with Gasteiger partial charge < -0.3 is 14.8 Å². The van der Waals surface area contributed by atoms with Gasteiger partial charge in [0.2, 0.25) is 0 Å². The number of methoxy groups -OCH3 is 1. The minimum atomic E-state index is -0.440. The molecule has 1 aromatic carbocycles. The van der Waals surface area contributed by atoms with E-state index < -0.39 is 5.97 Å². The third-order valence-electron chi connectivity index (χ3n) is 2.34. The van der Waals surface area contributed by atoms with E-state index in [1.54, 1.807) is 25.1 Å². The molecule has 0 spiro atoms. The molecule has 0 radical (unpaired) electrons. The van der Waals surface area contributed by atoms with Crippen molar-refractivity contribution in [3.63, 3.8) is 0 Å². The van der Waals surface area contributed by atoms with Crippen LogP contribution in [0.5, 0.6) is 0 Å². The van der Waals surface area contributed by atoms with Crippen molar-refractivity contribution in [2.75, 3.05) is 25.6 Å². The number of benzene rings is 1. The Morgan fingerprint density at radius 2 is 2.11 bits per heavy atom. The van der Waals surface area contributed by atoms with Crippen LogP contribution < -0.4 is 5.32 Å². The molecule has 0 aromatic heterocycles. The number of anilines is 1. The zero-order chi connectivity index (χ0) is 14.3. The van der Waals surface area contributed by atoms with Gasteiger partial charge in [0.1, 0.15) is 0 Å². The number of hydrogen-bond acceptors (Lipinski definition) is 5. The fourth-order valence-electron chi connectivity index (χ4n) is 1.44. The van der Waals surface area contributed by atoms with Crippen LogP contribution in [0.2, 0.25) is 5.02 Å². The molecule has 0 bridgehead atoms. The van der Waals surface area contributed by atoms with Gasteiger partial charge in [-0.05, 0) is 25.1 Å². The monoisotopic (exact) mass is 285 g/mol. The van der Waals surface area contributed by atoms with Crippen LogP contribution in [0, 0.1) is 0 Å². The summed E-state index contributed by atoms with van der Waals surface area (Å²) in [6.07, 6.45) is 0.229. The maximum Gasteiger partial charge on any atom is 0.337 e. The highest BCUT2D eigenvalue weighted by Crippen LogP contribution is 2.23. The van der Waals surface area contributed by atoms with E-state index in [0.717, 1.165) is 0 Å². The highest BCUT2D eigenvalue weighted by atomic mass is 35.5. The Morgan fingerprint density at radius 1 is 1.37 bits per heavy atom. The average Bonchev–Trinajstić information content (AvgIpc) is 2.40. The van der Waals surface area contributed by atoms with Crippen molar-refractivity contribution in [1.82, 2.24) is 0 Å². The number of halogens is 1. The zero-order valence-corrected chi connectivity index (χ0v) is 11.6. The molecule has 0 aliphatic rings. The summed E-state index contributed by atoms with van der Waals surface area (Å²) in [5.41, 5.74) is 0.972. The van der Waals surface area contributed by atoms with Crippen molar-refractivity contribution in [3.05, 3.63) is 28.8 Å². The summed E-state index contributed by atoms with van der Waals surface area (Å²) in [6.45, 7) is 2.49. The molecule has 1 N–H and O–H groups in total. The van der Waals surface area contributed by atoms with E-state index in [9.17, 15) is 9.59 Å². The third-order valence-corrected chi connectivity index (χ3v) is 2.67. The Balaban J connectivity index is 2.62. The number of hydrogen-bond donors (Lipinski definition) is 1. The van der Waals surface area contributed by atoms with Crippen LogP contribution in [0.25, 0.3) is 0 Å². The largest absolute Gasteiger partial charge is 0.466 e. The van der Waals surface area contributed by atoms with Gasteiger partial charge in [0.15, 0.2) is 0 Å². The fraction of sp³-hybridized carbons (Fsp3) is 0.385. The molecule has 0 saturated carbocycles. The molecule has 5 nitrogen and oxygen atoms in total. The van der Waals surface area contributed by atoms with Crippen LogP contribution in [0.3, 0.4) is 0 Å². The molecule has 1 aromatic rings. The van der Waals surface area contributed by atoms with Gasteiger partial charge in [0.05, 0.1) is 36.4 Å². The number of nitrogens with one attached hydrogen (secondary N) is 1. The lowest BCUT2D eigenvalue weighted by atomic mass is 10.2. The maximum absolute atomic E-state index is 11.4. The number of carbonyl (C=O) groups is 2. The van der Waals surface area contributed by atoms with Gasteiger partial charge in [-0.3, -0.25) is 4.79 Å². The van der Waals surface area contributed by atoms with E-state index in [0.29, 0.717) is 29.4 Å². The lowest BCUT2D eigenvalue weighted by Gasteiger charge is -2.09. The predicted octanol–water partition coefficient (Wildman–Crippen LogP) is 2.49.